The summed E-state index contributed by atoms with van der Waals surface area (Å²) in [6.45, 7) is 0. The van der Waals surface area contributed by atoms with Crippen LogP contribution in [-0.4, -0.2) is 20.1 Å². The highest BCUT2D eigenvalue weighted by Crippen LogP contribution is 1.95. The Labute approximate surface area is 77.7 Å². The van der Waals surface area contributed by atoms with Crippen LogP contribution in [-0.2, 0) is 4.74 Å². The van der Waals surface area contributed by atoms with Crippen LogP contribution in [0.3, 0.4) is 0 Å². The molecule has 1 amide bonds. The monoisotopic (exact) mass is 182 g/mol. The molecule has 0 aliphatic rings. The van der Waals surface area contributed by atoms with Crippen LogP contribution < -0.4 is 11.3 Å². The Morgan fingerprint density at radius 2 is 1.77 bits per heavy atom. The van der Waals surface area contributed by atoms with Crippen LogP contribution in [0.15, 0.2) is 30.3 Å². The van der Waals surface area contributed by atoms with E-state index >= 15 is 0 Å². The van der Waals surface area contributed by atoms with E-state index in [0.717, 1.165) is 0 Å². The fraction of sp³-hybridized carbons (Fsp3) is 0.222. The first-order chi connectivity index (χ1) is 6.26. The molecule has 4 nitrogen and oxygen atoms in total. The van der Waals surface area contributed by atoms with Crippen molar-refractivity contribution in [2.24, 2.45) is 5.84 Å². The van der Waals surface area contributed by atoms with Gasteiger partial charge in [0.15, 0.2) is 0 Å². The zero-order valence-electron chi connectivity index (χ0n) is 7.78. The predicted octanol–water partition coefficient (Wildman–Crippen LogP) is 0.553. The van der Waals surface area contributed by atoms with E-state index in [2.05, 4.69) is 4.74 Å². The molecule has 1 aromatic rings. The van der Waals surface area contributed by atoms with Gasteiger partial charge in [-0.1, -0.05) is 18.2 Å². The van der Waals surface area contributed by atoms with Crippen molar-refractivity contribution < 1.29 is 9.53 Å². The van der Waals surface area contributed by atoms with Crippen LogP contribution in [0.2, 0.25) is 0 Å². The molecule has 1 rings (SSSR count). The number of hydrazine groups is 1. The number of nitrogens with one attached hydrogen (secondary N) is 1. The van der Waals surface area contributed by atoms with Gasteiger partial charge in [0.2, 0.25) is 0 Å². The third-order valence-electron chi connectivity index (χ3n) is 1.17. The molecule has 0 radical (unpaired) electrons. The largest absolute Gasteiger partial charge is 0.388 e. The van der Waals surface area contributed by atoms with Gasteiger partial charge < -0.3 is 4.74 Å². The lowest BCUT2D eigenvalue weighted by molar-refractivity contribution is 0.0953. The first-order valence-corrected chi connectivity index (χ1v) is 3.72. The van der Waals surface area contributed by atoms with E-state index in [9.17, 15) is 4.79 Å². The van der Waals surface area contributed by atoms with Crippen molar-refractivity contribution in [2.45, 2.75) is 0 Å². The smallest absolute Gasteiger partial charge is 0.265 e. The SMILES string of the molecule is COC.NNC(=O)c1ccccc1. The Hall–Kier alpha value is -1.39. The summed E-state index contributed by atoms with van der Waals surface area (Å²) >= 11 is 0. The zero-order chi connectivity index (χ0) is 10.1. The summed E-state index contributed by atoms with van der Waals surface area (Å²) in [4.78, 5) is 10.8. The maximum absolute atomic E-state index is 10.8. The fourth-order valence-corrected chi connectivity index (χ4v) is 0.673. The minimum atomic E-state index is -0.263. The number of methoxy groups -OCH3 is 1. The van der Waals surface area contributed by atoms with Crippen molar-refractivity contribution in [1.82, 2.24) is 5.43 Å². The van der Waals surface area contributed by atoms with Gasteiger partial charge in [0.1, 0.15) is 0 Å². The molecule has 0 bridgehead atoms. The number of nitrogens with two attached hydrogens (primary N) is 1. The lowest BCUT2D eigenvalue weighted by atomic mass is 10.2. The topological polar surface area (TPSA) is 64.3 Å². The van der Waals surface area contributed by atoms with E-state index in [-0.39, 0.29) is 5.91 Å². The number of benzene rings is 1. The molecule has 0 spiro atoms. The first kappa shape index (κ1) is 11.6. The van der Waals surface area contributed by atoms with Gasteiger partial charge >= 0.3 is 0 Å². The summed E-state index contributed by atoms with van der Waals surface area (Å²) in [6.07, 6.45) is 0. The van der Waals surface area contributed by atoms with E-state index < -0.39 is 0 Å². The second-order valence-corrected chi connectivity index (χ2v) is 2.25. The molecule has 1 aromatic carbocycles. The molecule has 72 valence electrons. The van der Waals surface area contributed by atoms with Crippen molar-refractivity contribution in [1.29, 1.82) is 0 Å². The van der Waals surface area contributed by atoms with Gasteiger partial charge in [-0.2, -0.15) is 0 Å². The average Bonchev–Trinajstić information content (AvgIpc) is 2.19. The van der Waals surface area contributed by atoms with Crippen LogP contribution in [0.5, 0.6) is 0 Å². The van der Waals surface area contributed by atoms with Crippen LogP contribution >= 0.6 is 0 Å². The Morgan fingerprint density at radius 1 is 1.31 bits per heavy atom. The third kappa shape index (κ3) is 4.95. The van der Waals surface area contributed by atoms with E-state index in [1.54, 1.807) is 38.5 Å². The van der Waals surface area contributed by atoms with Crippen molar-refractivity contribution in [3.63, 3.8) is 0 Å². The average molecular weight is 182 g/mol. The van der Waals surface area contributed by atoms with Gasteiger partial charge in [0.05, 0.1) is 0 Å². The quantitative estimate of drug-likeness (QED) is 0.379. The van der Waals surface area contributed by atoms with Crippen LogP contribution in [0.4, 0.5) is 0 Å². The molecular formula is C9H14N2O2. The number of hydrogen-bond acceptors (Lipinski definition) is 3. The van der Waals surface area contributed by atoms with Gasteiger partial charge in [0.25, 0.3) is 5.91 Å². The summed E-state index contributed by atoms with van der Waals surface area (Å²) in [5, 5.41) is 0. The highest BCUT2D eigenvalue weighted by molar-refractivity contribution is 5.93. The van der Waals surface area contributed by atoms with E-state index in [0.29, 0.717) is 5.56 Å². The van der Waals surface area contributed by atoms with Gasteiger partial charge in [0, 0.05) is 19.8 Å². The maximum atomic E-state index is 10.8. The Balaban J connectivity index is 0.000000424. The Bertz CT molecular complexity index is 237. The molecule has 3 N–H and O–H groups in total. The molecule has 0 heterocycles. The third-order valence-corrected chi connectivity index (χ3v) is 1.17. The van der Waals surface area contributed by atoms with E-state index in [4.69, 9.17) is 5.84 Å². The van der Waals surface area contributed by atoms with Gasteiger partial charge in [-0.05, 0) is 12.1 Å². The lowest BCUT2D eigenvalue weighted by Crippen LogP contribution is -2.29. The number of carbonyl (C=O) groups excluding carboxylic acids is 1. The van der Waals surface area contributed by atoms with Crippen LogP contribution in [0.25, 0.3) is 0 Å². The van der Waals surface area contributed by atoms with Gasteiger partial charge in [-0.25, -0.2) is 5.84 Å². The summed E-state index contributed by atoms with van der Waals surface area (Å²) < 4.78 is 4.25. The molecule has 0 atom stereocenters. The van der Waals surface area contributed by atoms with Crippen molar-refractivity contribution >= 4 is 5.91 Å². The second kappa shape index (κ2) is 7.27. The predicted molar refractivity (Wildman–Crippen MR) is 51.0 cm³/mol. The minimum Gasteiger partial charge on any atom is -0.388 e. The normalized spacial score (nSPS) is 8.23. The molecule has 0 fully saturated rings. The Morgan fingerprint density at radius 3 is 2.15 bits per heavy atom. The summed E-state index contributed by atoms with van der Waals surface area (Å²) in [5.41, 5.74) is 2.62. The molecule has 0 aliphatic carbocycles. The zero-order valence-corrected chi connectivity index (χ0v) is 7.78. The molecule has 0 aromatic heterocycles. The molecule has 13 heavy (non-hydrogen) atoms. The number of amides is 1. The molecule has 0 aliphatic heterocycles. The fourth-order valence-electron chi connectivity index (χ4n) is 0.673. The number of rotatable bonds is 1. The summed E-state index contributed by atoms with van der Waals surface area (Å²) in [5.74, 6) is 4.64. The van der Waals surface area contributed by atoms with Crippen molar-refractivity contribution in [3.05, 3.63) is 35.9 Å². The standard InChI is InChI=1S/C7H8N2O.C2H6O/c8-9-7(10)6-4-2-1-3-5-6;1-3-2/h1-5H,8H2,(H,9,10);1-2H3. The van der Waals surface area contributed by atoms with Crippen molar-refractivity contribution in [2.75, 3.05) is 14.2 Å². The highest BCUT2D eigenvalue weighted by Gasteiger charge is 1.98. The summed E-state index contributed by atoms with van der Waals surface area (Å²) in [6, 6.07) is 8.80. The minimum absolute atomic E-state index is 0.263. The van der Waals surface area contributed by atoms with E-state index in [1.165, 1.54) is 0 Å². The van der Waals surface area contributed by atoms with Crippen LogP contribution in [0, 0.1) is 0 Å². The van der Waals surface area contributed by atoms with Crippen molar-refractivity contribution in [3.8, 4) is 0 Å². The highest BCUT2D eigenvalue weighted by atomic mass is 16.4. The molecular weight excluding hydrogens is 168 g/mol. The molecule has 0 saturated carbocycles. The maximum Gasteiger partial charge on any atom is 0.265 e. The van der Waals surface area contributed by atoms with E-state index in [1.807, 2.05) is 11.5 Å². The number of hydrogen-bond donors (Lipinski definition) is 2. The Kier molecular flexibility index (Phi) is 6.49. The molecule has 0 unspecified atom stereocenters. The molecule has 0 saturated heterocycles. The number of nitrogen functional groups attached to an aromatic ring is 1. The first-order valence-electron chi connectivity index (χ1n) is 3.72. The number of carbonyl (C=O) groups is 1. The lowest BCUT2D eigenvalue weighted by Gasteiger charge is -1.95. The number of ether oxygens (including phenoxy) is 1. The van der Waals surface area contributed by atoms with Gasteiger partial charge in [-0.3, -0.25) is 10.2 Å². The van der Waals surface area contributed by atoms with Crippen LogP contribution in [0.1, 0.15) is 10.4 Å². The molecule has 4 heteroatoms. The van der Waals surface area contributed by atoms with Gasteiger partial charge in [-0.15, -0.1) is 0 Å². The second-order valence-electron chi connectivity index (χ2n) is 2.25. The summed E-state index contributed by atoms with van der Waals surface area (Å²) in [7, 11) is 3.25.